The van der Waals surface area contributed by atoms with Crippen LogP contribution in [-0.2, 0) is 14.6 Å². The average Bonchev–Trinajstić information content (AvgIpc) is 2.67. The lowest BCUT2D eigenvalue weighted by Gasteiger charge is -2.25. The van der Waals surface area contributed by atoms with Crippen molar-refractivity contribution in [2.45, 2.75) is 28.5 Å². The van der Waals surface area contributed by atoms with Crippen molar-refractivity contribution < 1.29 is 36.3 Å². The van der Waals surface area contributed by atoms with E-state index in [1.165, 1.54) is 29.2 Å². The average molecular weight is 479 g/mol. The summed E-state index contributed by atoms with van der Waals surface area (Å²) in [4.78, 5) is 24.6. The number of sulfone groups is 1. The zero-order valence-electron chi connectivity index (χ0n) is 16.5. The molecule has 0 aromatic heterocycles. The first-order chi connectivity index (χ1) is 14.1. The maximum absolute atomic E-state index is 12.8. The van der Waals surface area contributed by atoms with Gasteiger partial charge < -0.3 is 15.3 Å². The van der Waals surface area contributed by atoms with Crippen LogP contribution in [-0.4, -0.2) is 56.1 Å². The molecular weight excluding hydrogens is 461 g/mol. The van der Waals surface area contributed by atoms with Crippen molar-refractivity contribution in [1.29, 1.82) is 0 Å². The molecule has 2 N–H and O–H groups in total. The second-order valence-electron chi connectivity index (χ2n) is 6.89. The van der Waals surface area contributed by atoms with Gasteiger partial charge in [0.1, 0.15) is 0 Å². The molecule has 0 spiro atoms. The van der Waals surface area contributed by atoms with E-state index in [0.29, 0.717) is 0 Å². The van der Waals surface area contributed by atoms with E-state index in [-0.39, 0.29) is 38.9 Å². The third-order valence-electron chi connectivity index (χ3n) is 4.31. The maximum atomic E-state index is 12.8. The molecule has 168 valence electrons. The molecule has 0 saturated carbocycles. The highest BCUT2D eigenvalue weighted by atomic mass is 35.5. The van der Waals surface area contributed by atoms with Crippen molar-refractivity contribution in [3.05, 3.63) is 53.1 Å². The van der Waals surface area contributed by atoms with Crippen LogP contribution >= 0.6 is 11.6 Å². The van der Waals surface area contributed by atoms with Gasteiger partial charge in [-0.25, -0.2) is 8.42 Å². The Hall–Kier alpha value is -2.63. The van der Waals surface area contributed by atoms with Gasteiger partial charge in [-0.1, -0.05) is 11.6 Å². The molecule has 0 aliphatic rings. The number of benzene rings is 2. The van der Waals surface area contributed by atoms with Gasteiger partial charge in [0.25, 0.3) is 11.8 Å². The van der Waals surface area contributed by atoms with Crippen molar-refractivity contribution in [3.63, 3.8) is 0 Å². The van der Waals surface area contributed by atoms with Crippen molar-refractivity contribution >= 4 is 38.9 Å². The summed E-state index contributed by atoms with van der Waals surface area (Å²) >= 11 is 5.94. The Morgan fingerprint density at radius 1 is 1.03 bits per heavy atom. The van der Waals surface area contributed by atoms with Crippen LogP contribution in [0.15, 0.2) is 52.3 Å². The van der Waals surface area contributed by atoms with E-state index in [4.69, 9.17) is 11.6 Å². The summed E-state index contributed by atoms with van der Waals surface area (Å²) in [5.74, 6) is -2.10. The molecule has 0 aliphatic heterocycles. The van der Waals surface area contributed by atoms with E-state index >= 15 is 0 Å². The number of anilines is 1. The smallest absolute Gasteiger partial charge is 0.373 e. The Kier molecular flexibility index (Phi) is 6.74. The van der Waals surface area contributed by atoms with Gasteiger partial charge in [0.05, 0.1) is 20.5 Å². The molecule has 2 aromatic rings. The van der Waals surface area contributed by atoms with Crippen LogP contribution in [0.4, 0.5) is 18.9 Å². The number of nitrogens with zero attached hydrogens (tertiary/aromatic N) is 1. The van der Waals surface area contributed by atoms with E-state index in [9.17, 15) is 36.3 Å². The van der Waals surface area contributed by atoms with Crippen LogP contribution in [0.3, 0.4) is 0 Å². The molecule has 0 unspecified atom stereocenters. The number of aliphatic hydroxyl groups is 1. The van der Waals surface area contributed by atoms with Crippen molar-refractivity contribution in [2.24, 2.45) is 0 Å². The Morgan fingerprint density at radius 3 is 2.00 bits per heavy atom. The van der Waals surface area contributed by atoms with E-state index in [1.54, 1.807) is 14.1 Å². The molecule has 2 rings (SSSR count). The largest absolute Gasteiger partial charge is 0.426 e. The maximum Gasteiger partial charge on any atom is 0.426 e. The zero-order chi connectivity index (χ0) is 23.8. The van der Waals surface area contributed by atoms with Gasteiger partial charge >= 0.3 is 6.18 Å². The lowest BCUT2D eigenvalue weighted by Crippen LogP contribution is -2.52. The molecule has 0 fully saturated rings. The first-order valence-corrected chi connectivity index (χ1v) is 10.4. The molecule has 0 bridgehead atoms. The fourth-order valence-corrected chi connectivity index (χ4v) is 3.89. The summed E-state index contributed by atoms with van der Waals surface area (Å²) in [6.45, 7) is 0.278. The van der Waals surface area contributed by atoms with Crippen molar-refractivity contribution in [2.75, 3.05) is 19.4 Å². The van der Waals surface area contributed by atoms with Gasteiger partial charge in [-0.3, -0.25) is 9.59 Å². The number of halogens is 4. The van der Waals surface area contributed by atoms with Crippen LogP contribution in [0.5, 0.6) is 0 Å². The Bertz CT molecular complexity index is 1110. The predicted molar refractivity (Wildman–Crippen MR) is 107 cm³/mol. The molecule has 0 heterocycles. The van der Waals surface area contributed by atoms with E-state index in [2.05, 4.69) is 0 Å². The van der Waals surface area contributed by atoms with E-state index in [0.717, 1.165) is 18.2 Å². The van der Waals surface area contributed by atoms with Crippen LogP contribution in [0.2, 0.25) is 5.02 Å². The Labute approximate surface area is 181 Å². The minimum Gasteiger partial charge on any atom is -0.373 e. The van der Waals surface area contributed by atoms with Gasteiger partial charge in [0, 0.05) is 19.7 Å². The molecule has 7 nitrogen and oxygen atoms in total. The summed E-state index contributed by atoms with van der Waals surface area (Å²) in [6, 6.07) is 8.14. The molecule has 0 saturated heterocycles. The molecule has 0 aliphatic carbocycles. The lowest BCUT2D eigenvalue weighted by molar-refractivity contribution is -0.242. The van der Waals surface area contributed by atoms with Crippen molar-refractivity contribution in [3.8, 4) is 0 Å². The summed E-state index contributed by atoms with van der Waals surface area (Å²) in [5.41, 5.74) is -3.72. The first-order valence-electron chi connectivity index (χ1n) is 8.56. The van der Waals surface area contributed by atoms with E-state index in [1.807, 2.05) is 5.32 Å². The highest BCUT2D eigenvalue weighted by molar-refractivity contribution is 7.91. The van der Waals surface area contributed by atoms with Gasteiger partial charge in [0.15, 0.2) is 0 Å². The highest BCUT2D eigenvalue weighted by Crippen LogP contribution is 2.33. The molecule has 1 atom stereocenters. The fourth-order valence-electron chi connectivity index (χ4n) is 2.31. The zero-order valence-corrected chi connectivity index (χ0v) is 18.1. The third-order valence-corrected chi connectivity index (χ3v) is 6.39. The summed E-state index contributed by atoms with van der Waals surface area (Å²) in [6.07, 6.45) is -5.23. The number of alkyl halides is 3. The van der Waals surface area contributed by atoms with Crippen LogP contribution in [0.25, 0.3) is 0 Å². The number of carbonyl (C=O) groups excluding carboxylic acids is 2. The predicted octanol–water partition coefficient (Wildman–Crippen LogP) is 3.13. The third kappa shape index (κ3) is 5.00. The van der Waals surface area contributed by atoms with Crippen LogP contribution < -0.4 is 5.32 Å². The Balaban J connectivity index is 2.32. The van der Waals surface area contributed by atoms with Gasteiger partial charge in [0.2, 0.25) is 15.4 Å². The minimum atomic E-state index is -5.23. The topological polar surface area (TPSA) is 104 Å². The molecule has 2 amide bonds. The second kappa shape index (κ2) is 8.48. The quantitative estimate of drug-likeness (QED) is 0.687. The number of nitrogens with one attached hydrogen (secondary N) is 1. The first kappa shape index (κ1) is 24.6. The fraction of sp³-hybridized carbons (Fsp3) is 0.263. The number of hydrogen-bond acceptors (Lipinski definition) is 5. The molecule has 12 heteroatoms. The van der Waals surface area contributed by atoms with Crippen LogP contribution in [0.1, 0.15) is 17.3 Å². The molecule has 0 radical (unpaired) electrons. The molecular formula is C19H18ClF3N2O5S. The minimum absolute atomic E-state index is 0.143. The standard InChI is InChI=1S/C19H18ClF3N2O5S/c1-18(28,19(21,22)23)17(27)24-15-9-8-13(10-14(15)20)31(29,30)12-6-4-11(5-7-12)16(26)25(2)3/h4-10,28H,1-3H3,(H,24,27)/t18-/m1/s1. The Morgan fingerprint density at radius 2 is 1.55 bits per heavy atom. The highest BCUT2D eigenvalue weighted by Gasteiger charge is 2.55. The molecule has 31 heavy (non-hydrogen) atoms. The van der Waals surface area contributed by atoms with Gasteiger partial charge in [-0.05, 0) is 49.4 Å². The number of carbonyl (C=O) groups is 2. The lowest BCUT2D eigenvalue weighted by atomic mass is 10.1. The summed E-state index contributed by atoms with van der Waals surface area (Å²) in [7, 11) is -0.982. The van der Waals surface area contributed by atoms with Crippen molar-refractivity contribution in [1.82, 2.24) is 4.90 Å². The van der Waals surface area contributed by atoms with Gasteiger partial charge in [-0.15, -0.1) is 0 Å². The second-order valence-corrected chi connectivity index (χ2v) is 9.25. The SMILES string of the molecule is CN(C)C(=O)c1ccc(S(=O)(=O)c2ccc(NC(=O)[C@@](C)(O)C(F)(F)F)c(Cl)c2)cc1. The monoisotopic (exact) mass is 478 g/mol. The normalized spacial score (nSPS) is 13.9. The summed E-state index contributed by atoms with van der Waals surface area (Å²) < 4.78 is 63.9. The van der Waals surface area contributed by atoms with Crippen LogP contribution in [0, 0.1) is 0 Å². The summed E-state index contributed by atoms with van der Waals surface area (Å²) in [5, 5.41) is 10.9. The number of rotatable bonds is 5. The molecule has 2 aromatic carbocycles. The number of amides is 2. The number of hydrogen-bond donors (Lipinski definition) is 2. The van der Waals surface area contributed by atoms with Gasteiger partial charge in [-0.2, -0.15) is 13.2 Å². The van der Waals surface area contributed by atoms with E-state index < -0.39 is 27.5 Å².